The lowest BCUT2D eigenvalue weighted by atomic mass is 10.1. The Morgan fingerprint density at radius 2 is 2.22 bits per heavy atom. The molecule has 0 saturated carbocycles. The van der Waals surface area contributed by atoms with E-state index < -0.39 is 12.0 Å². The average Bonchev–Trinajstić information content (AvgIpc) is 2.35. The summed E-state index contributed by atoms with van der Waals surface area (Å²) in [7, 11) is 0. The second-order valence-electron chi connectivity index (χ2n) is 3.72. The molecule has 0 aromatic heterocycles. The summed E-state index contributed by atoms with van der Waals surface area (Å²) in [5, 5.41) is 11.0. The minimum Gasteiger partial charge on any atom is -0.480 e. The smallest absolute Gasteiger partial charge is 0.326 e. The molecule has 0 bridgehead atoms. The SMILES string of the molecule is C#CCCCONCCCC[C@H](NC=O)C(=O)O. The van der Waals surface area contributed by atoms with E-state index in [0.717, 1.165) is 12.8 Å². The number of hydrogen-bond acceptors (Lipinski definition) is 4. The van der Waals surface area contributed by atoms with Crippen LogP contribution in [0.2, 0.25) is 0 Å². The molecule has 0 heterocycles. The van der Waals surface area contributed by atoms with Gasteiger partial charge in [0.15, 0.2) is 0 Å². The van der Waals surface area contributed by atoms with E-state index in [0.29, 0.717) is 38.8 Å². The molecule has 0 aliphatic carbocycles. The van der Waals surface area contributed by atoms with Gasteiger partial charge in [-0.05, 0) is 25.7 Å². The van der Waals surface area contributed by atoms with Crippen molar-refractivity contribution in [2.45, 2.75) is 38.1 Å². The number of hydroxylamine groups is 1. The number of carboxylic acids is 1. The van der Waals surface area contributed by atoms with Gasteiger partial charge in [-0.2, -0.15) is 0 Å². The van der Waals surface area contributed by atoms with Crippen molar-refractivity contribution in [3.05, 3.63) is 0 Å². The van der Waals surface area contributed by atoms with Crippen LogP contribution in [0.3, 0.4) is 0 Å². The summed E-state index contributed by atoms with van der Waals surface area (Å²) in [6.07, 6.45) is 8.88. The highest BCUT2D eigenvalue weighted by Crippen LogP contribution is 2.00. The molecule has 3 N–H and O–H groups in total. The van der Waals surface area contributed by atoms with Gasteiger partial charge in [-0.3, -0.25) is 4.79 Å². The highest BCUT2D eigenvalue weighted by atomic mass is 16.6. The van der Waals surface area contributed by atoms with Crippen LogP contribution in [0.15, 0.2) is 0 Å². The Kier molecular flexibility index (Phi) is 10.8. The molecule has 18 heavy (non-hydrogen) atoms. The zero-order valence-electron chi connectivity index (χ0n) is 10.4. The van der Waals surface area contributed by atoms with Gasteiger partial charge in [0.05, 0.1) is 6.61 Å². The first kappa shape index (κ1) is 16.4. The normalized spacial score (nSPS) is 11.5. The number of carbonyl (C=O) groups is 2. The molecule has 0 rings (SSSR count). The monoisotopic (exact) mass is 256 g/mol. The van der Waals surface area contributed by atoms with E-state index in [1.54, 1.807) is 0 Å². The average molecular weight is 256 g/mol. The molecule has 0 aromatic carbocycles. The van der Waals surface area contributed by atoms with E-state index in [1.165, 1.54) is 0 Å². The molecular weight excluding hydrogens is 236 g/mol. The molecule has 0 aromatic rings. The number of hydrogen-bond donors (Lipinski definition) is 3. The summed E-state index contributed by atoms with van der Waals surface area (Å²) in [6, 6.07) is -0.806. The van der Waals surface area contributed by atoms with Crippen molar-refractivity contribution in [3.8, 4) is 12.3 Å². The Morgan fingerprint density at radius 3 is 2.83 bits per heavy atom. The molecule has 0 unspecified atom stereocenters. The highest BCUT2D eigenvalue weighted by molar-refractivity contribution is 5.76. The molecule has 0 fully saturated rings. The second-order valence-corrected chi connectivity index (χ2v) is 3.72. The molecular formula is C12H20N2O4. The van der Waals surface area contributed by atoms with Crippen LogP contribution in [0, 0.1) is 12.3 Å². The molecule has 0 radical (unpaired) electrons. The van der Waals surface area contributed by atoms with Gasteiger partial charge in [0.25, 0.3) is 0 Å². The Morgan fingerprint density at radius 1 is 1.44 bits per heavy atom. The number of aliphatic carboxylic acids is 1. The lowest BCUT2D eigenvalue weighted by molar-refractivity contribution is -0.140. The van der Waals surface area contributed by atoms with E-state index in [2.05, 4.69) is 16.7 Å². The molecule has 0 saturated heterocycles. The lowest BCUT2D eigenvalue weighted by Gasteiger charge is -2.10. The van der Waals surface area contributed by atoms with E-state index in [4.69, 9.17) is 16.4 Å². The predicted molar refractivity (Wildman–Crippen MR) is 66.5 cm³/mol. The highest BCUT2D eigenvalue weighted by Gasteiger charge is 2.14. The molecule has 0 aliphatic heterocycles. The van der Waals surface area contributed by atoms with E-state index in [9.17, 15) is 9.59 Å². The van der Waals surface area contributed by atoms with E-state index >= 15 is 0 Å². The predicted octanol–water partition coefficient (Wildman–Crippen LogP) is 0.291. The zero-order valence-corrected chi connectivity index (χ0v) is 10.4. The van der Waals surface area contributed by atoms with Crippen LogP contribution in [0.5, 0.6) is 0 Å². The van der Waals surface area contributed by atoms with E-state index in [1.807, 2.05) is 0 Å². The number of terminal acetylenes is 1. The lowest BCUT2D eigenvalue weighted by Crippen LogP contribution is -2.35. The maximum Gasteiger partial charge on any atom is 0.326 e. The minimum atomic E-state index is -1.01. The molecule has 0 aliphatic rings. The van der Waals surface area contributed by atoms with Crippen molar-refractivity contribution in [2.75, 3.05) is 13.2 Å². The quantitative estimate of drug-likeness (QED) is 0.202. The fourth-order valence-corrected chi connectivity index (χ4v) is 1.30. The van der Waals surface area contributed by atoms with Crippen molar-refractivity contribution in [2.24, 2.45) is 0 Å². The van der Waals surface area contributed by atoms with Crippen LogP contribution in [0.4, 0.5) is 0 Å². The third-order valence-corrected chi connectivity index (χ3v) is 2.26. The van der Waals surface area contributed by atoms with Gasteiger partial charge < -0.3 is 15.3 Å². The van der Waals surface area contributed by atoms with Gasteiger partial charge in [0.1, 0.15) is 6.04 Å². The maximum atomic E-state index is 10.7. The van der Waals surface area contributed by atoms with E-state index in [-0.39, 0.29) is 0 Å². The molecule has 1 amide bonds. The summed E-state index contributed by atoms with van der Waals surface area (Å²) in [5.41, 5.74) is 2.77. The van der Waals surface area contributed by atoms with Crippen LogP contribution < -0.4 is 10.8 Å². The fourth-order valence-electron chi connectivity index (χ4n) is 1.30. The van der Waals surface area contributed by atoms with Crippen LogP contribution >= 0.6 is 0 Å². The first-order valence-electron chi connectivity index (χ1n) is 5.93. The van der Waals surface area contributed by atoms with Crippen molar-refractivity contribution >= 4 is 12.4 Å². The molecule has 6 heteroatoms. The van der Waals surface area contributed by atoms with Crippen molar-refractivity contribution in [1.29, 1.82) is 0 Å². The summed E-state index contributed by atoms with van der Waals surface area (Å²) in [4.78, 5) is 25.9. The van der Waals surface area contributed by atoms with Gasteiger partial charge in [-0.15, -0.1) is 12.3 Å². The zero-order chi connectivity index (χ0) is 13.6. The summed E-state index contributed by atoms with van der Waals surface area (Å²) < 4.78 is 0. The first-order valence-corrected chi connectivity index (χ1v) is 5.93. The first-order chi connectivity index (χ1) is 8.72. The fraction of sp³-hybridized carbons (Fsp3) is 0.667. The minimum absolute atomic E-state index is 0.408. The molecule has 102 valence electrons. The Balaban J connectivity index is 3.35. The summed E-state index contributed by atoms with van der Waals surface area (Å²) in [5.74, 6) is 1.50. The number of rotatable bonds is 12. The van der Waals surface area contributed by atoms with Gasteiger partial charge in [-0.1, -0.05) is 0 Å². The third kappa shape index (κ3) is 9.63. The number of unbranched alkanes of at least 4 members (excludes halogenated alkanes) is 2. The number of amides is 1. The number of nitrogens with one attached hydrogen (secondary N) is 2. The van der Waals surface area contributed by atoms with Gasteiger partial charge in [0, 0.05) is 13.0 Å². The molecule has 0 spiro atoms. The molecule has 1 atom stereocenters. The largest absolute Gasteiger partial charge is 0.480 e. The van der Waals surface area contributed by atoms with Crippen molar-refractivity contribution in [3.63, 3.8) is 0 Å². The van der Waals surface area contributed by atoms with Gasteiger partial charge in [0.2, 0.25) is 6.41 Å². The standard InChI is InChI=1S/C12H20N2O4/c1-2-3-6-9-18-14-8-5-4-7-11(12(16)17)13-10-15/h1,10-11,14H,3-9H2,(H,13,15)(H,16,17)/t11-/m0/s1. The summed E-state index contributed by atoms with van der Waals surface area (Å²) >= 11 is 0. The number of carbonyl (C=O) groups excluding carboxylic acids is 1. The Hall–Kier alpha value is -1.58. The van der Waals surface area contributed by atoms with Crippen LogP contribution in [0.25, 0.3) is 0 Å². The second kappa shape index (κ2) is 11.9. The van der Waals surface area contributed by atoms with Gasteiger partial charge in [-0.25, -0.2) is 10.3 Å². The van der Waals surface area contributed by atoms with Crippen LogP contribution in [-0.4, -0.2) is 36.7 Å². The van der Waals surface area contributed by atoms with Crippen molar-refractivity contribution in [1.82, 2.24) is 10.8 Å². The van der Waals surface area contributed by atoms with Crippen LogP contribution in [-0.2, 0) is 14.4 Å². The Bertz CT molecular complexity index is 276. The third-order valence-electron chi connectivity index (χ3n) is 2.26. The number of carboxylic acid groups (broad SMARTS) is 1. The summed E-state index contributed by atoms with van der Waals surface area (Å²) in [6.45, 7) is 1.21. The topological polar surface area (TPSA) is 87.7 Å². The Labute approximate surface area is 107 Å². The maximum absolute atomic E-state index is 10.7. The van der Waals surface area contributed by atoms with Crippen molar-refractivity contribution < 1.29 is 19.5 Å². The van der Waals surface area contributed by atoms with Gasteiger partial charge >= 0.3 is 5.97 Å². The van der Waals surface area contributed by atoms with Crippen LogP contribution in [0.1, 0.15) is 32.1 Å². The molecule has 6 nitrogen and oxygen atoms in total.